The fraction of sp³-hybridized carbons (Fsp3) is 0.476. The van der Waals surface area contributed by atoms with Crippen molar-refractivity contribution in [1.29, 1.82) is 0 Å². The monoisotopic (exact) mass is 384 g/mol. The molecule has 6 nitrogen and oxygen atoms in total. The van der Waals surface area contributed by atoms with Crippen LogP contribution in [0.15, 0.2) is 30.5 Å². The molecule has 2 amide bonds. The van der Waals surface area contributed by atoms with Crippen molar-refractivity contribution in [2.45, 2.75) is 44.4 Å². The number of likely N-dealkylation sites (tertiary alicyclic amines) is 1. The van der Waals surface area contributed by atoms with E-state index in [0.29, 0.717) is 24.3 Å². The number of piperidine rings is 1. The van der Waals surface area contributed by atoms with Crippen molar-refractivity contribution in [2.24, 2.45) is 5.92 Å². The highest BCUT2D eigenvalue weighted by Crippen LogP contribution is 2.32. The van der Waals surface area contributed by atoms with Crippen molar-refractivity contribution in [1.82, 2.24) is 15.1 Å². The molecule has 1 saturated carbocycles. The van der Waals surface area contributed by atoms with E-state index in [-0.39, 0.29) is 23.7 Å². The zero-order valence-corrected chi connectivity index (χ0v) is 15.8. The second-order valence-corrected chi connectivity index (χ2v) is 7.77. The van der Waals surface area contributed by atoms with Crippen LogP contribution in [0.5, 0.6) is 0 Å². The first kappa shape index (κ1) is 18.7. The summed E-state index contributed by atoms with van der Waals surface area (Å²) in [5, 5.41) is 10.2. The smallest absolute Gasteiger partial charge is 0.253 e. The van der Waals surface area contributed by atoms with Crippen molar-refractivity contribution >= 4 is 17.5 Å². The van der Waals surface area contributed by atoms with Gasteiger partial charge in [-0.25, -0.2) is 4.39 Å². The van der Waals surface area contributed by atoms with Crippen molar-refractivity contribution in [2.75, 3.05) is 18.4 Å². The van der Waals surface area contributed by atoms with Gasteiger partial charge in [0.1, 0.15) is 5.82 Å². The molecule has 0 bridgehead atoms. The number of carbonyl (C=O) groups excluding carboxylic acids is 2. The first-order valence-corrected chi connectivity index (χ1v) is 10.0. The number of halogens is 1. The van der Waals surface area contributed by atoms with Crippen molar-refractivity contribution in [3.8, 4) is 0 Å². The minimum absolute atomic E-state index is 0.0589. The molecular formula is C21H25FN4O2. The predicted octanol–water partition coefficient (Wildman–Crippen LogP) is 3.70. The van der Waals surface area contributed by atoms with E-state index >= 15 is 0 Å². The molecule has 0 unspecified atom stereocenters. The third-order valence-electron chi connectivity index (χ3n) is 5.84. The van der Waals surface area contributed by atoms with Crippen LogP contribution in [0.2, 0.25) is 0 Å². The number of H-pyrrole nitrogens is 1. The quantitative estimate of drug-likeness (QED) is 0.844. The first-order valence-electron chi connectivity index (χ1n) is 10.0. The van der Waals surface area contributed by atoms with Crippen molar-refractivity contribution in [3.05, 3.63) is 47.5 Å². The standard InChI is InChI=1S/C21H25FN4O2/c22-17-9-3-7-15(11-17)21(28)26-10-4-8-16(13-26)19-18(12-23-25-19)24-20(27)14-5-1-2-6-14/h3,7,9,11-12,14,16H,1-2,4-6,8,10,13H2,(H,23,25)(H,24,27)/t16-/m0/s1. The summed E-state index contributed by atoms with van der Waals surface area (Å²) in [6.07, 6.45) is 7.50. The third kappa shape index (κ3) is 3.93. The van der Waals surface area contributed by atoms with Gasteiger partial charge in [0, 0.05) is 30.5 Å². The predicted molar refractivity (Wildman–Crippen MR) is 103 cm³/mol. The number of aromatic amines is 1. The number of nitrogens with zero attached hydrogens (tertiary/aromatic N) is 2. The van der Waals surface area contributed by atoms with Gasteiger partial charge in [-0.2, -0.15) is 5.10 Å². The molecule has 2 N–H and O–H groups in total. The van der Waals surface area contributed by atoms with Crippen LogP contribution in [0.25, 0.3) is 0 Å². The zero-order valence-electron chi connectivity index (χ0n) is 15.8. The van der Waals surface area contributed by atoms with Crippen LogP contribution in [0, 0.1) is 11.7 Å². The van der Waals surface area contributed by atoms with Crippen LogP contribution < -0.4 is 5.32 Å². The third-order valence-corrected chi connectivity index (χ3v) is 5.84. The van der Waals surface area contributed by atoms with Gasteiger partial charge in [-0.15, -0.1) is 0 Å². The molecule has 148 valence electrons. The number of aromatic nitrogens is 2. The summed E-state index contributed by atoms with van der Waals surface area (Å²) in [5.41, 5.74) is 1.94. The Morgan fingerprint density at radius 2 is 2.00 bits per heavy atom. The highest BCUT2D eigenvalue weighted by molar-refractivity contribution is 5.94. The number of benzene rings is 1. The number of nitrogens with one attached hydrogen (secondary N) is 2. The largest absolute Gasteiger partial charge is 0.338 e. The summed E-state index contributed by atoms with van der Waals surface area (Å²) in [6, 6.07) is 5.79. The van der Waals surface area contributed by atoms with Crippen molar-refractivity contribution in [3.63, 3.8) is 0 Å². The van der Waals surface area contributed by atoms with E-state index < -0.39 is 5.82 Å². The summed E-state index contributed by atoms with van der Waals surface area (Å²) >= 11 is 0. The maximum Gasteiger partial charge on any atom is 0.253 e. The Morgan fingerprint density at radius 1 is 1.18 bits per heavy atom. The molecule has 1 aromatic heterocycles. The second-order valence-electron chi connectivity index (χ2n) is 7.77. The van der Waals surface area contributed by atoms with Gasteiger partial charge in [-0.1, -0.05) is 18.9 Å². The number of rotatable bonds is 4. The lowest BCUT2D eigenvalue weighted by molar-refractivity contribution is -0.119. The molecule has 1 aromatic carbocycles. The van der Waals surface area contributed by atoms with Crippen molar-refractivity contribution < 1.29 is 14.0 Å². The lowest BCUT2D eigenvalue weighted by atomic mass is 9.93. The van der Waals surface area contributed by atoms with Gasteiger partial charge in [0.05, 0.1) is 17.6 Å². The molecule has 2 aromatic rings. The van der Waals surface area contributed by atoms with E-state index in [2.05, 4.69) is 15.5 Å². The Hall–Kier alpha value is -2.70. The number of hydrogen-bond acceptors (Lipinski definition) is 3. The van der Waals surface area contributed by atoms with Crippen LogP contribution in [0.3, 0.4) is 0 Å². The number of hydrogen-bond donors (Lipinski definition) is 2. The van der Waals surface area contributed by atoms with Gasteiger partial charge in [-0.3, -0.25) is 14.7 Å². The zero-order chi connectivity index (χ0) is 19.5. The van der Waals surface area contributed by atoms with Gasteiger partial charge >= 0.3 is 0 Å². The van der Waals surface area contributed by atoms with Crippen LogP contribution >= 0.6 is 0 Å². The first-order chi connectivity index (χ1) is 13.6. The average Bonchev–Trinajstić information content (AvgIpc) is 3.39. The Balaban J connectivity index is 1.46. The second kappa shape index (κ2) is 8.12. The molecule has 1 atom stereocenters. The van der Waals surface area contributed by atoms with Crippen LogP contribution in [0.4, 0.5) is 10.1 Å². The number of amides is 2. The normalized spacial score (nSPS) is 20.3. The molecule has 1 aliphatic carbocycles. The Labute approximate surface area is 163 Å². The van der Waals surface area contributed by atoms with Gasteiger partial charge in [0.25, 0.3) is 5.91 Å². The number of carbonyl (C=O) groups is 2. The van der Waals surface area contributed by atoms with E-state index in [9.17, 15) is 14.0 Å². The molecule has 4 rings (SSSR count). The molecule has 2 heterocycles. The maximum atomic E-state index is 13.5. The minimum atomic E-state index is -0.412. The highest BCUT2D eigenvalue weighted by Gasteiger charge is 2.29. The van der Waals surface area contributed by atoms with E-state index in [1.54, 1.807) is 23.2 Å². The minimum Gasteiger partial charge on any atom is -0.338 e. The summed E-state index contributed by atoms with van der Waals surface area (Å²) < 4.78 is 13.5. The molecule has 0 spiro atoms. The van der Waals surface area contributed by atoms with E-state index in [1.165, 1.54) is 12.1 Å². The fourth-order valence-electron chi connectivity index (χ4n) is 4.33. The van der Waals surface area contributed by atoms with Gasteiger partial charge in [0.2, 0.25) is 5.91 Å². The molecule has 0 radical (unpaired) electrons. The van der Waals surface area contributed by atoms with Crippen LogP contribution in [-0.2, 0) is 4.79 Å². The maximum absolute atomic E-state index is 13.5. The molecule has 28 heavy (non-hydrogen) atoms. The van der Waals surface area contributed by atoms with E-state index in [0.717, 1.165) is 44.2 Å². The van der Waals surface area contributed by atoms with E-state index in [1.807, 2.05) is 0 Å². The van der Waals surface area contributed by atoms with Gasteiger partial charge in [-0.05, 0) is 43.9 Å². The van der Waals surface area contributed by atoms with Gasteiger partial charge < -0.3 is 10.2 Å². The molecule has 2 fully saturated rings. The van der Waals surface area contributed by atoms with E-state index in [4.69, 9.17) is 0 Å². The SMILES string of the molecule is O=C(Nc1cn[nH]c1[C@H]1CCCN(C(=O)c2cccc(F)c2)C1)C1CCCC1. The van der Waals surface area contributed by atoms with Gasteiger partial charge in [0.15, 0.2) is 0 Å². The molecule has 7 heteroatoms. The average molecular weight is 384 g/mol. The Bertz CT molecular complexity index is 860. The summed E-state index contributed by atoms with van der Waals surface area (Å²) in [7, 11) is 0. The molecule has 1 saturated heterocycles. The summed E-state index contributed by atoms with van der Waals surface area (Å²) in [5.74, 6) is -0.374. The number of anilines is 1. The topological polar surface area (TPSA) is 78.1 Å². The fourth-order valence-corrected chi connectivity index (χ4v) is 4.33. The Morgan fingerprint density at radius 3 is 2.79 bits per heavy atom. The van der Waals surface area contributed by atoms with Crippen LogP contribution in [0.1, 0.15) is 60.5 Å². The lowest BCUT2D eigenvalue weighted by Crippen LogP contribution is -2.39. The molecular weight excluding hydrogens is 359 g/mol. The molecule has 2 aliphatic rings. The Kier molecular flexibility index (Phi) is 5.41. The highest BCUT2D eigenvalue weighted by atomic mass is 19.1. The summed E-state index contributed by atoms with van der Waals surface area (Å²) in [6.45, 7) is 1.16. The molecule has 1 aliphatic heterocycles. The lowest BCUT2D eigenvalue weighted by Gasteiger charge is -2.32. The van der Waals surface area contributed by atoms with Crippen LogP contribution in [-0.4, -0.2) is 40.0 Å². The summed E-state index contributed by atoms with van der Waals surface area (Å²) in [4.78, 5) is 27.0.